The smallest absolute Gasteiger partial charge is 0.159 e. The third-order valence-corrected chi connectivity index (χ3v) is 8.54. The van der Waals surface area contributed by atoms with Gasteiger partial charge in [-0.05, 0) is 47.5 Å². The average Bonchev–Trinajstić information content (AvgIpc) is 3.69. The van der Waals surface area contributed by atoms with Crippen molar-refractivity contribution in [2.75, 3.05) is 0 Å². The van der Waals surface area contributed by atoms with Crippen LogP contribution in [0.1, 0.15) is 0 Å². The molecule has 0 aliphatic heterocycles. The van der Waals surface area contributed by atoms with Gasteiger partial charge in [-0.3, -0.25) is 0 Å². The van der Waals surface area contributed by atoms with Gasteiger partial charge in [-0.2, -0.15) is 5.10 Å². The number of fused-ring (bicyclic) bond motifs is 6. The van der Waals surface area contributed by atoms with Crippen LogP contribution in [0.2, 0.25) is 0 Å². The Kier molecular flexibility index (Phi) is 5.43. The van der Waals surface area contributed by atoms with E-state index in [-0.39, 0.29) is 0 Å². The fraction of sp³-hybridized carbons (Fsp3) is 0. The lowest BCUT2D eigenvalue weighted by Crippen LogP contribution is -1.94. The van der Waals surface area contributed by atoms with E-state index < -0.39 is 0 Å². The van der Waals surface area contributed by atoms with Crippen molar-refractivity contribution in [1.82, 2.24) is 24.1 Å². The summed E-state index contributed by atoms with van der Waals surface area (Å²) in [7, 11) is 0. The lowest BCUT2D eigenvalue weighted by Gasteiger charge is -2.09. The molecule has 5 aromatic carbocycles. The molecular weight excluding hydrogens is 538 g/mol. The van der Waals surface area contributed by atoms with Crippen molar-refractivity contribution in [3.05, 3.63) is 152 Å². The molecule has 5 nitrogen and oxygen atoms in total. The number of hydrogen-bond donors (Lipinski definition) is 0. The first-order valence-electron chi connectivity index (χ1n) is 14.7. The molecule has 0 saturated heterocycles. The van der Waals surface area contributed by atoms with Gasteiger partial charge in [0.05, 0.1) is 28.3 Å². The standard InChI is InChI=1S/C39H25N5/c1-4-10-35-28(7-1)19-22-38-34(25-42-44(35)38)27-13-15-29(16-14-27)39-40-23-30(24-41-39)26-17-20-31(21-18-26)43-36-11-5-2-8-32(36)33-9-3-6-12-37(33)43/h1-25H. The minimum atomic E-state index is 0.702. The largest absolute Gasteiger partial charge is 0.309 e. The molecule has 0 aliphatic rings. The minimum absolute atomic E-state index is 0.702. The number of aromatic nitrogens is 5. The van der Waals surface area contributed by atoms with Crippen LogP contribution >= 0.6 is 0 Å². The van der Waals surface area contributed by atoms with Crippen LogP contribution in [0.4, 0.5) is 0 Å². The SMILES string of the molecule is c1ccc2c(c1)ccc1c(-c3ccc(-c4ncc(-c5ccc(-n6c7ccccc7c7ccccc76)cc5)cn4)cc3)cnn12. The summed E-state index contributed by atoms with van der Waals surface area (Å²) in [5.74, 6) is 0.702. The Hall–Kier alpha value is -6.07. The van der Waals surface area contributed by atoms with Gasteiger partial charge < -0.3 is 4.57 Å². The summed E-state index contributed by atoms with van der Waals surface area (Å²) < 4.78 is 4.34. The van der Waals surface area contributed by atoms with Gasteiger partial charge in [-0.15, -0.1) is 0 Å². The Labute approximate surface area is 253 Å². The van der Waals surface area contributed by atoms with Gasteiger partial charge >= 0.3 is 0 Å². The van der Waals surface area contributed by atoms with Gasteiger partial charge in [0.2, 0.25) is 0 Å². The molecule has 0 unspecified atom stereocenters. The summed E-state index contributed by atoms with van der Waals surface area (Å²) in [5, 5.41) is 8.37. The van der Waals surface area contributed by atoms with Crippen molar-refractivity contribution in [2.45, 2.75) is 0 Å². The van der Waals surface area contributed by atoms with Gasteiger partial charge in [-0.25, -0.2) is 14.5 Å². The molecule has 4 heterocycles. The topological polar surface area (TPSA) is 48.0 Å². The molecule has 0 spiro atoms. The Morgan fingerprint density at radius 1 is 0.409 bits per heavy atom. The molecule has 0 N–H and O–H groups in total. The van der Waals surface area contributed by atoms with Gasteiger partial charge in [0, 0.05) is 50.9 Å². The first-order valence-corrected chi connectivity index (χ1v) is 14.7. The normalized spacial score (nSPS) is 11.6. The summed E-state index contributed by atoms with van der Waals surface area (Å²) in [6, 6.07) is 46.8. The number of pyridine rings is 1. The Bertz CT molecular complexity index is 2410. The number of benzene rings is 5. The van der Waals surface area contributed by atoms with Gasteiger partial charge in [0.1, 0.15) is 0 Å². The Morgan fingerprint density at radius 3 is 1.70 bits per heavy atom. The van der Waals surface area contributed by atoms with E-state index in [9.17, 15) is 0 Å². The van der Waals surface area contributed by atoms with Gasteiger partial charge in [-0.1, -0.05) is 97.1 Å². The summed E-state index contributed by atoms with van der Waals surface area (Å²) in [6.07, 6.45) is 5.75. The highest BCUT2D eigenvalue weighted by molar-refractivity contribution is 6.09. The minimum Gasteiger partial charge on any atom is -0.309 e. The Morgan fingerprint density at radius 2 is 1.00 bits per heavy atom. The molecule has 0 aliphatic carbocycles. The number of nitrogens with zero attached hydrogens (tertiary/aromatic N) is 5. The maximum Gasteiger partial charge on any atom is 0.159 e. The molecular formula is C39H25N5. The van der Waals surface area contributed by atoms with E-state index in [2.05, 4.69) is 137 Å². The molecule has 0 atom stereocenters. The molecule has 9 aromatic rings. The molecule has 5 heteroatoms. The van der Waals surface area contributed by atoms with E-state index in [0.29, 0.717) is 5.82 Å². The number of rotatable bonds is 4. The number of para-hydroxylation sites is 3. The van der Waals surface area contributed by atoms with Crippen LogP contribution in [0.5, 0.6) is 0 Å². The summed E-state index contributed by atoms with van der Waals surface area (Å²) in [5.41, 5.74) is 11.0. The predicted octanol–water partition coefficient (Wildman–Crippen LogP) is 9.38. The molecule has 206 valence electrons. The molecule has 0 fully saturated rings. The van der Waals surface area contributed by atoms with Gasteiger partial charge in [0.15, 0.2) is 5.82 Å². The van der Waals surface area contributed by atoms with Crippen LogP contribution in [-0.2, 0) is 0 Å². The quantitative estimate of drug-likeness (QED) is 0.214. The van der Waals surface area contributed by atoms with E-state index in [1.807, 2.05) is 29.2 Å². The maximum atomic E-state index is 4.72. The summed E-state index contributed by atoms with van der Waals surface area (Å²) in [6.45, 7) is 0. The number of hydrogen-bond acceptors (Lipinski definition) is 3. The van der Waals surface area contributed by atoms with E-state index in [1.54, 1.807) is 0 Å². The second-order valence-corrected chi connectivity index (χ2v) is 11.0. The van der Waals surface area contributed by atoms with Crippen molar-refractivity contribution in [1.29, 1.82) is 0 Å². The van der Waals surface area contributed by atoms with Crippen LogP contribution in [0, 0.1) is 0 Å². The van der Waals surface area contributed by atoms with Crippen molar-refractivity contribution in [2.24, 2.45) is 0 Å². The third kappa shape index (κ3) is 3.83. The molecule has 44 heavy (non-hydrogen) atoms. The first kappa shape index (κ1) is 24.5. The van der Waals surface area contributed by atoms with E-state index in [4.69, 9.17) is 9.97 Å². The van der Waals surface area contributed by atoms with Crippen LogP contribution in [0.25, 0.3) is 77.6 Å². The fourth-order valence-corrected chi connectivity index (χ4v) is 6.35. The van der Waals surface area contributed by atoms with Crippen LogP contribution < -0.4 is 0 Å². The molecule has 0 amide bonds. The van der Waals surface area contributed by atoms with Gasteiger partial charge in [0.25, 0.3) is 0 Å². The molecule has 0 bridgehead atoms. The summed E-state index contributed by atoms with van der Waals surface area (Å²) in [4.78, 5) is 9.45. The zero-order valence-corrected chi connectivity index (χ0v) is 23.7. The Balaban J connectivity index is 0.994. The molecule has 4 aromatic heterocycles. The predicted molar refractivity (Wildman–Crippen MR) is 179 cm³/mol. The lowest BCUT2D eigenvalue weighted by molar-refractivity contribution is 1.00. The van der Waals surface area contributed by atoms with E-state index in [1.165, 1.54) is 27.2 Å². The second-order valence-electron chi connectivity index (χ2n) is 11.0. The summed E-state index contributed by atoms with van der Waals surface area (Å²) >= 11 is 0. The zero-order chi connectivity index (χ0) is 29.0. The average molecular weight is 564 g/mol. The second kappa shape index (κ2) is 9.75. The maximum absolute atomic E-state index is 4.72. The van der Waals surface area contributed by atoms with Crippen molar-refractivity contribution in [3.8, 4) is 39.3 Å². The van der Waals surface area contributed by atoms with Crippen LogP contribution in [0.15, 0.2) is 152 Å². The van der Waals surface area contributed by atoms with E-state index in [0.717, 1.165) is 44.5 Å². The zero-order valence-electron chi connectivity index (χ0n) is 23.7. The third-order valence-electron chi connectivity index (χ3n) is 8.54. The van der Waals surface area contributed by atoms with Crippen molar-refractivity contribution in [3.63, 3.8) is 0 Å². The highest BCUT2D eigenvalue weighted by Crippen LogP contribution is 2.33. The van der Waals surface area contributed by atoms with Crippen molar-refractivity contribution >= 4 is 38.2 Å². The van der Waals surface area contributed by atoms with Crippen LogP contribution in [-0.4, -0.2) is 24.1 Å². The highest BCUT2D eigenvalue weighted by Gasteiger charge is 2.13. The van der Waals surface area contributed by atoms with Crippen LogP contribution in [0.3, 0.4) is 0 Å². The highest BCUT2D eigenvalue weighted by atomic mass is 15.2. The fourth-order valence-electron chi connectivity index (χ4n) is 6.35. The van der Waals surface area contributed by atoms with Crippen molar-refractivity contribution < 1.29 is 0 Å². The monoisotopic (exact) mass is 563 g/mol. The lowest BCUT2D eigenvalue weighted by atomic mass is 10.0. The molecule has 9 rings (SSSR count). The molecule has 0 saturated carbocycles. The molecule has 0 radical (unpaired) electrons. The first-order chi connectivity index (χ1) is 21.8. The van der Waals surface area contributed by atoms with E-state index >= 15 is 0 Å².